The van der Waals surface area contributed by atoms with Crippen molar-refractivity contribution in [1.82, 2.24) is 5.32 Å². The summed E-state index contributed by atoms with van der Waals surface area (Å²) in [5, 5.41) is 2.71. The molecule has 0 radical (unpaired) electrons. The van der Waals surface area contributed by atoms with Gasteiger partial charge in [0, 0.05) is 18.5 Å². The van der Waals surface area contributed by atoms with Crippen LogP contribution in [0.15, 0.2) is 30.3 Å². The summed E-state index contributed by atoms with van der Waals surface area (Å²) < 4.78 is 27.1. The molecule has 0 aliphatic rings. The minimum Gasteiger partial charge on any atom is -0.310 e. The molecule has 0 heterocycles. The van der Waals surface area contributed by atoms with Gasteiger partial charge < -0.3 is 5.32 Å². The third-order valence-electron chi connectivity index (χ3n) is 2.15. The Morgan fingerprint density at radius 1 is 1.25 bits per heavy atom. The fraction of sp³-hybridized carbons (Fsp3) is 0.385. The van der Waals surface area contributed by atoms with Gasteiger partial charge in [-0.15, -0.1) is 11.8 Å². The number of rotatable bonds is 5. The third-order valence-corrected chi connectivity index (χ3v) is 2.15. The van der Waals surface area contributed by atoms with Gasteiger partial charge >= 0.3 is 0 Å². The van der Waals surface area contributed by atoms with Gasteiger partial charge in [-0.3, -0.25) is 0 Å². The lowest BCUT2D eigenvalue weighted by Gasteiger charge is -2.16. The highest BCUT2D eigenvalue weighted by atomic mass is 19.3. The zero-order valence-corrected chi connectivity index (χ0v) is 9.26. The number of benzene rings is 1. The maximum Gasteiger partial charge on any atom is 0.285 e. The van der Waals surface area contributed by atoms with Crippen LogP contribution >= 0.6 is 0 Å². The van der Waals surface area contributed by atoms with Crippen molar-refractivity contribution in [1.29, 1.82) is 0 Å². The number of hydrogen-bond acceptors (Lipinski definition) is 1. The standard InChI is InChI=1S/C13H15F2N/c1-2-3-7-10-16-11-13(14,15)12-8-5-4-6-9-12/h4-6,8-9,16H,7,10-11H2,1H3. The minimum absolute atomic E-state index is 0.0454. The Balaban J connectivity index is 2.42. The fourth-order valence-electron chi connectivity index (χ4n) is 1.31. The van der Waals surface area contributed by atoms with Crippen molar-refractivity contribution in [2.75, 3.05) is 13.1 Å². The zero-order valence-electron chi connectivity index (χ0n) is 9.26. The number of halogens is 2. The summed E-state index contributed by atoms with van der Waals surface area (Å²) in [6.07, 6.45) is 0.599. The Hall–Kier alpha value is -1.40. The van der Waals surface area contributed by atoms with Gasteiger partial charge in [-0.05, 0) is 6.92 Å². The van der Waals surface area contributed by atoms with Crippen LogP contribution in [0.2, 0.25) is 0 Å². The van der Waals surface area contributed by atoms with E-state index in [1.54, 1.807) is 25.1 Å². The Morgan fingerprint density at radius 2 is 1.94 bits per heavy atom. The molecule has 0 unspecified atom stereocenters. The predicted molar refractivity (Wildman–Crippen MR) is 61.3 cm³/mol. The normalized spacial score (nSPS) is 10.7. The van der Waals surface area contributed by atoms with Crippen molar-refractivity contribution in [2.45, 2.75) is 19.3 Å². The lowest BCUT2D eigenvalue weighted by molar-refractivity contribution is -0.00278. The second kappa shape index (κ2) is 6.24. The highest BCUT2D eigenvalue weighted by molar-refractivity contribution is 5.20. The van der Waals surface area contributed by atoms with Crippen LogP contribution < -0.4 is 5.32 Å². The van der Waals surface area contributed by atoms with Gasteiger partial charge in [-0.25, -0.2) is 0 Å². The maximum absolute atomic E-state index is 13.6. The Morgan fingerprint density at radius 3 is 2.56 bits per heavy atom. The molecule has 0 saturated carbocycles. The van der Waals surface area contributed by atoms with E-state index in [0.717, 1.165) is 0 Å². The molecule has 86 valence electrons. The van der Waals surface area contributed by atoms with Gasteiger partial charge in [-0.2, -0.15) is 8.78 Å². The van der Waals surface area contributed by atoms with Gasteiger partial charge in [-0.1, -0.05) is 30.3 Å². The van der Waals surface area contributed by atoms with E-state index in [0.29, 0.717) is 13.0 Å². The highest BCUT2D eigenvalue weighted by Crippen LogP contribution is 2.26. The van der Waals surface area contributed by atoms with Crippen LogP contribution in [-0.4, -0.2) is 13.1 Å². The molecular formula is C13H15F2N. The quantitative estimate of drug-likeness (QED) is 0.598. The van der Waals surface area contributed by atoms with Crippen LogP contribution in [0.3, 0.4) is 0 Å². The van der Waals surface area contributed by atoms with Crippen molar-refractivity contribution in [3.8, 4) is 11.8 Å². The first-order valence-electron chi connectivity index (χ1n) is 5.20. The average molecular weight is 223 g/mol. The van der Waals surface area contributed by atoms with Crippen molar-refractivity contribution < 1.29 is 8.78 Å². The SMILES string of the molecule is CC#CCCNCC(F)(F)c1ccccc1. The van der Waals surface area contributed by atoms with E-state index < -0.39 is 5.92 Å². The molecular weight excluding hydrogens is 208 g/mol. The molecule has 0 aliphatic carbocycles. The average Bonchev–Trinajstić information content (AvgIpc) is 2.30. The number of hydrogen-bond donors (Lipinski definition) is 1. The van der Waals surface area contributed by atoms with E-state index in [1.807, 2.05) is 0 Å². The largest absolute Gasteiger partial charge is 0.310 e. The Labute approximate surface area is 94.9 Å². The number of alkyl halides is 2. The Bertz CT molecular complexity index is 363. The molecule has 1 aromatic carbocycles. The molecule has 1 aromatic rings. The second-order valence-electron chi connectivity index (χ2n) is 3.42. The van der Waals surface area contributed by atoms with Crippen LogP contribution in [0.4, 0.5) is 8.78 Å². The van der Waals surface area contributed by atoms with E-state index in [-0.39, 0.29) is 12.1 Å². The van der Waals surface area contributed by atoms with Crippen LogP contribution in [-0.2, 0) is 5.92 Å². The number of nitrogens with one attached hydrogen (secondary N) is 1. The summed E-state index contributed by atoms with van der Waals surface area (Å²) in [6, 6.07) is 7.84. The first kappa shape index (κ1) is 12.7. The fourth-order valence-corrected chi connectivity index (χ4v) is 1.31. The monoisotopic (exact) mass is 223 g/mol. The summed E-state index contributed by atoms with van der Waals surface area (Å²) in [5.41, 5.74) is 0.0454. The summed E-state index contributed by atoms with van der Waals surface area (Å²) >= 11 is 0. The summed E-state index contributed by atoms with van der Waals surface area (Å²) in [5.74, 6) is 2.72. The predicted octanol–water partition coefficient (Wildman–Crippen LogP) is 2.78. The molecule has 0 amide bonds. The highest BCUT2D eigenvalue weighted by Gasteiger charge is 2.30. The summed E-state index contributed by atoms with van der Waals surface area (Å²) in [4.78, 5) is 0. The molecule has 1 nitrogen and oxygen atoms in total. The molecule has 0 bridgehead atoms. The third kappa shape index (κ3) is 4.00. The molecule has 0 atom stereocenters. The van der Waals surface area contributed by atoms with Crippen molar-refractivity contribution >= 4 is 0 Å². The van der Waals surface area contributed by atoms with E-state index in [9.17, 15) is 8.78 Å². The van der Waals surface area contributed by atoms with Crippen LogP contribution in [0, 0.1) is 11.8 Å². The van der Waals surface area contributed by atoms with E-state index in [2.05, 4.69) is 17.2 Å². The lowest BCUT2D eigenvalue weighted by Crippen LogP contribution is -2.31. The smallest absolute Gasteiger partial charge is 0.285 e. The van der Waals surface area contributed by atoms with Gasteiger partial charge in [0.2, 0.25) is 0 Å². The van der Waals surface area contributed by atoms with E-state index in [4.69, 9.17) is 0 Å². The molecule has 0 aromatic heterocycles. The first-order chi connectivity index (χ1) is 7.67. The maximum atomic E-state index is 13.6. The topological polar surface area (TPSA) is 12.0 Å². The summed E-state index contributed by atoms with van der Waals surface area (Å²) in [6.45, 7) is 1.88. The lowest BCUT2D eigenvalue weighted by atomic mass is 10.1. The molecule has 16 heavy (non-hydrogen) atoms. The van der Waals surface area contributed by atoms with Crippen molar-refractivity contribution in [3.05, 3.63) is 35.9 Å². The molecule has 0 fully saturated rings. The molecule has 1 N–H and O–H groups in total. The van der Waals surface area contributed by atoms with Crippen LogP contribution in [0.1, 0.15) is 18.9 Å². The van der Waals surface area contributed by atoms with Crippen LogP contribution in [0.5, 0.6) is 0 Å². The van der Waals surface area contributed by atoms with Crippen LogP contribution in [0.25, 0.3) is 0 Å². The molecule has 0 aliphatic heterocycles. The van der Waals surface area contributed by atoms with Gasteiger partial charge in [0.25, 0.3) is 5.92 Å². The zero-order chi connectivity index (χ0) is 11.9. The minimum atomic E-state index is -2.82. The summed E-state index contributed by atoms with van der Waals surface area (Å²) in [7, 11) is 0. The van der Waals surface area contributed by atoms with E-state index >= 15 is 0 Å². The van der Waals surface area contributed by atoms with Gasteiger partial charge in [0.15, 0.2) is 0 Å². The molecule has 0 spiro atoms. The second-order valence-corrected chi connectivity index (χ2v) is 3.42. The Kier molecular flexibility index (Phi) is 4.94. The first-order valence-corrected chi connectivity index (χ1v) is 5.20. The van der Waals surface area contributed by atoms with Gasteiger partial charge in [0.05, 0.1) is 6.54 Å². The van der Waals surface area contributed by atoms with Gasteiger partial charge in [0.1, 0.15) is 0 Å². The van der Waals surface area contributed by atoms with Crippen molar-refractivity contribution in [2.24, 2.45) is 0 Å². The molecule has 1 rings (SSSR count). The van der Waals surface area contributed by atoms with Crippen molar-refractivity contribution in [3.63, 3.8) is 0 Å². The molecule has 3 heteroatoms. The van der Waals surface area contributed by atoms with E-state index in [1.165, 1.54) is 12.1 Å². The molecule has 0 saturated heterocycles.